The molecule has 0 spiro atoms. The monoisotopic (exact) mass is 266 g/mol. The zero-order chi connectivity index (χ0) is 13.7. The number of H-pyrrole nitrogens is 1. The Hall–Kier alpha value is -1.16. The van der Waals surface area contributed by atoms with Crippen molar-refractivity contribution in [2.75, 3.05) is 0 Å². The van der Waals surface area contributed by atoms with Crippen LogP contribution in [0, 0.1) is 22.9 Å². The number of nitrogens with zero attached hydrogens (tertiary/aromatic N) is 1. The maximum atomic E-state index is 13.6. The number of halogens is 1. The molecule has 0 saturated heterocycles. The van der Waals surface area contributed by atoms with Gasteiger partial charge in [-0.2, -0.15) is 0 Å². The van der Waals surface area contributed by atoms with Gasteiger partial charge in [-0.3, -0.25) is 0 Å². The van der Waals surface area contributed by atoms with Gasteiger partial charge in [0.1, 0.15) is 5.82 Å². The molecule has 0 bridgehead atoms. The van der Waals surface area contributed by atoms with E-state index in [4.69, 9.17) is 12.2 Å². The number of imidazole rings is 1. The fourth-order valence-corrected chi connectivity index (χ4v) is 2.39. The maximum absolute atomic E-state index is 13.6. The number of hydrogen-bond acceptors (Lipinski definition) is 1. The average Bonchev–Trinajstić information content (AvgIpc) is 2.52. The third kappa shape index (κ3) is 2.09. The molecule has 2 nitrogen and oxygen atoms in total. The molecule has 1 N–H and O–H groups in total. The number of fused-ring (bicyclic) bond motifs is 1. The first-order chi connectivity index (χ1) is 8.21. The van der Waals surface area contributed by atoms with Crippen molar-refractivity contribution < 1.29 is 4.39 Å². The van der Waals surface area contributed by atoms with E-state index in [-0.39, 0.29) is 17.3 Å². The molecule has 1 aromatic carbocycles. The van der Waals surface area contributed by atoms with Crippen molar-refractivity contribution >= 4 is 23.3 Å². The Morgan fingerprint density at radius 1 is 1.33 bits per heavy atom. The summed E-state index contributed by atoms with van der Waals surface area (Å²) in [5, 5.41) is 0. The van der Waals surface area contributed by atoms with Crippen molar-refractivity contribution in [1.82, 2.24) is 9.55 Å². The van der Waals surface area contributed by atoms with Crippen molar-refractivity contribution in [3.05, 3.63) is 28.3 Å². The van der Waals surface area contributed by atoms with Gasteiger partial charge in [-0.05, 0) is 49.2 Å². The van der Waals surface area contributed by atoms with Crippen LogP contribution in [-0.2, 0) is 0 Å². The zero-order valence-corrected chi connectivity index (χ0v) is 12.3. The van der Waals surface area contributed by atoms with Crippen molar-refractivity contribution in [2.45, 2.75) is 40.7 Å². The van der Waals surface area contributed by atoms with E-state index in [9.17, 15) is 4.39 Å². The molecule has 0 radical (unpaired) electrons. The van der Waals surface area contributed by atoms with Gasteiger partial charge in [0, 0.05) is 6.04 Å². The van der Waals surface area contributed by atoms with Crippen molar-refractivity contribution in [3.63, 3.8) is 0 Å². The molecule has 0 amide bonds. The number of aromatic nitrogens is 2. The molecular weight excluding hydrogens is 247 g/mol. The molecule has 1 atom stereocenters. The van der Waals surface area contributed by atoms with E-state index < -0.39 is 0 Å². The Kier molecular flexibility index (Phi) is 3.09. The molecule has 2 rings (SSSR count). The third-order valence-electron chi connectivity index (χ3n) is 3.64. The van der Waals surface area contributed by atoms with Gasteiger partial charge in [0.25, 0.3) is 0 Å². The molecule has 0 aliphatic heterocycles. The average molecular weight is 266 g/mol. The summed E-state index contributed by atoms with van der Waals surface area (Å²) in [4.78, 5) is 3.09. The Morgan fingerprint density at radius 3 is 2.50 bits per heavy atom. The minimum Gasteiger partial charge on any atom is -0.330 e. The van der Waals surface area contributed by atoms with Crippen LogP contribution in [0.5, 0.6) is 0 Å². The van der Waals surface area contributed by atoms with Crippen molar-refractivity contribution in [2.24, 2.45) is 5.41 Å². The van der Waals surface area contributed by atoms with E-state index in [0.29, 0.717) is 10.3 Å². The van der Waals surface area contributed by atoms with Gasteiger partial charge in [-0.15, -0.1) is 0 Å². The molecule has 1 aromatic heterocycles. The molecular formula is C14H19FN2S. The summed E-state index contributed by atoms with van der Waals surface area (Å²) in [6, 6.07) is 3.62. The van der Waals surface area contributed by atoms with E-state index >= 15 is 0 Å². The number of rotatable bonds is 1. The lowest BCUT2D eigenvalue weighted by Crippen LogP contribution is -2.21. The van der Waals surface area contributed by atoms with E-state index in [1.165, 1.54) is 6.07 Å². The molecule has 1 unspecified atom stereocenters. The Labute approximate surface area is 112 Å². The van der Waals surface area contributed by atoms with E-state index in [2.05, 4.69) is 37.2 Å². The van der Waals surface area contributed by atoms with E-state index in [1.807, 2.05) is 6.07 Å². The summed E-state index contributed by atoms with van der Waals surface area (Å²) in [5.74, 6) is -0.200. The molecule has 0 saturated carbocycles. The van der Waals surface area contributed by atoms with Gasteiger partial charge in [0.05, 0.1) is 11.0 Å². The number of aromatic amines is 1. The molecule has 0 aliphatic rings. The van der Waals surface area contributed by atoms with Gasteiger partial charge in [-0.25, -0.2) is 4.39 Å². The number of aryl methyl sites for hydroxylation is 1. The highest BCUT2D eigenvalue weighted by atomic mass is 32.1. The van der Waals surface area contributed by atoms with Gasteiger partial charge in [0.15, 0.2) is 4.77 Å². The molecule has 0 aliphatic carbocycles. The van der Waals surface area contributed by atoms with Gasteiger partial charge >= 0.3 is 0 Å². The second-order valence-electron chi connectivity index (χ2n) is 5.96. The predicted octanol–water partition coefficient (Wildman–Crippen LogP) is 4.75. The minimum absolute atomic E-state index is 0.0929. The Bertz CT molecular complexity index is 646. The van der Waals surface area contributed by atoms with Crippen LogP contribution >= 0.6 is 12.2 Å². The van der Waals surface area contributed by atoms with Crippen LogP contribution < -0.4 is 0 Å². The van der Waals surface area contributed by atoms with E-state index in [1.54, 1.807) is 6.92 Å². The molecule has 0 fully saturated rings. The molecule has 18 heavy (non-hydrogen) atoms. The topological polar surface area (TPSA) is 20.7 Å². The highest BCUT2D eigenvalue weighted by molar-refractivity contribution is 7.71. The first kappa shape index (κ1) is 13.3. The van der Waals surface area contributed by atoms with Crippen LogP contribution in [0.1, 0.15) is 39.3 Å². The maximum Gasteiger partial charge on any atom is 0.178 e. The van der Waals surface area contributed by atoms with Gasteiger partial charge in [0.2, 0.25) is 0 Å². The Morgan fingerprint density at radius 2 is 1.94 bits per heavy atom. The first-order valence-electron chi connectivity index (χ1n) is 6.12. The van der Waals surface area contributed by atoms with Crippen molar-refractivity contribution in [1.29, 1.82) is 0 Å². The third-order valence-corrected chi connectivity index (χ3v) is 3.94. The highest BCUT2D eigenvalue weighted by Crippen LogP contribution is 2.33. The standard InChI is InChI=1S/C14H19FN2S/c1-8-6-12-11(7-10(8)15)16-13(18)17(12)9(2)14(3,4)5/h6-7,9H,1-5H3,(H,16,18). The second kappa shape index (κ2) is 4.19. The molecule has 2 aromatic rings. The normalized spacial score (nSPS) is 14.1. The van der Waals surface area contributed by atoms with Crippen LogP contribution in [0.15, 0.2) is 12.1 Å². The SMILES string of the molecule is Cc1cc2c(cc1F)[nH]c(=S)n2C(C)C(C)(C)C. The summed E-state index contributed by atoms with van der Waals surface area (Å²) in [6.07, 6.45) is 0. The van der Waals surface area contributed by atoms with Gasteiger partial charge in [-0.1, -0.05) is 20.8 Å². The summed E-state index contributed by atoms with van der Waals surface area (Å²) >= 11 is 5.37. The fraction of sp³-hybridized carbons (Fsp3) is 0.500. The van der Waals surface area contributed by atoms with E-state index in [0.717, 1.165) is 11.0 Å². The smallest absolute Gasteiger partial charge is 0.178 e. The van der Waals surface area contributed by atoms with Crippen LogP contribution in [0.25, 0.3) is 11.0 Å². The quantitative estimate of drug-likeness (QED) is 0.738. The number of hydrogen-bond donors (Lipinski definition) is 1. The number of benzene rings is 1. The van der Waals surface area contributed by atoms with Gasteiger partial charge < -0.3 is 9.55 Å². The van der Waals surface area contributed by atoms with Crippen LogP contribution in [0.2, 0.25) is 0 Å². The zero-order valence-electron chi connectivity index (χ0n) is 11.5. The lowest BCUT2D eigenvalue weighted by molar-refractivity contribution is 0.265. The van der Waals surface area contributed by atoms with Crippen molar-refractivity contribution in [3.8, 4) is 0 Å². The molecule has 1 heterocycles. The Balaban J connectivity index is 2.75. The number of nitrogens with one attached hydrogen (secondary N) is 1. The molecule has 98 valence electrons. The first-order valence-corrected chi connectivity index (χ1v) is 6.53. The second-order valence-corrected chi connectivity index (χ2v) is 6.35. The summed E-state index contributed by atoms with van der Waals surface area (Å²) in [7, 11) is 0. The lowest BCUT2D eigenvalue weighted by atomic mass is 9.88. The fourth-order valence-electron chi connectivity index (χ4n) is 2.02. The lowest BCUT2D eigenvalue weighted by Gasteiger charge is -2.29. The predicted molar refractivity (Wildman–Crippen MR) is 76.0 cm³/mol. The summed E-state index contributed by atoms with van der Waals surface area (Å²) in [5.41, 5.74) is 2.47. The molecule has 4 heteroatoms. The minimum atomic E-state index is -0.200. The van der Waals surface area contributed by atoms with Crippen LogP contribution in [0.4, 0.5) is 4.39 Å². The summed E-state index contributed by atoms with van der Waals surface area (Å²) < 4.78 is 16.3. The highest BCUT2D eigenvalue weighted by Gasteiger charge is 2.24. The van der Waals surface area contributed by atoms with Crippen LogP contribution in [-0.4, -0.2) is 9.55 Å². The summed E-state index contributed by atoms with van der Waals surface area (Å²) in [6.45, 7) is 10.4. The van der Waals surface area contributed by atoms with Crippen LogP contribution in [0.3, 0.4) is 0 Å². The largest absolute Gasteiger partial charge is 0.330 e.